The van der Waals surface area contributed by atoms with Gasteiger partial charge >= 0.3 is 5.97 Å². The summed E-state index contributed by atoms with van der Waals surface area (Å²) in [6, 6.07) is 3.02. The number of carboxylic acid groups (broad SMARTS) is 1. The molecule has 0 bridgehead atoms. The molecule has 3 N–H and O–H groups in total. The van der Waals surface area contributed by atoms with Gasteiger partial charge < -0.3 is 10.8 Å². The van der Waals surface area contributed by atoms with Crippen LogP contribution in [0.2, 0.25) is 0 Å². The average molecular weight is 232 g/mol. The molecule has 2 aromatic heterocycles. The minimum absolute atomic E-state index is 0.0609. The number of pyridine rings is 1. The molecule has 0 saturated carbocycles. The average Bonchev–Trinajstić information content (AvgIpc) is 2.78. The molecule has 0 radical (unpaired) electrons. The second-order valence-corrected chi connectivity index (χ2v) is 3.25. The molecule has 0 aliphatic carbocycles. The van der Waals surface area contributed by atoms with Crippen LogP contribution in [0.4, 0.5) is 0 Å². The first-order valence-electron chi connectivity index (χ1n) is 4.62. The summed E-state index contributed by atoms with van der Waals surface area (Å²) in [5.74, 6) is -1.23. The monoisotopic (exact) mass is 232 g/mol. The Labute approximate surface area is 95.5 Å². The Morgan fingerprint density at radius 3 is 2.47 bits per heavy atom. The molecule has 1 amide bonds. The van der Waals surface area contributed by atoms with Crippen LogP contribution in [0.15, 0.2) is 30.7 Å². The maximum absolute atomic E-state index is 10.8. The Morgan fingerprint density at radius 1 is 1.24 bits per heavy atom. The second-order valence-electron chi connectivity index (χ2n) is 3.25. The van der Waals surface area contributed by atoms with E-state index in [1.165, 1.54) is 35.4 Å². The van der Waals surface area contributed by atoms with Crippen LogP contribution in [-0.4, -0.2) is 31.7 Å². The third-order valence-corrected chi connectivity index (χ3v) is 2.10. The molecule has 2 heterocycles. The van der Waals surface area contributed by atoms with Gasteiger partial charge in [-0.05, 0) is 12.1 Å². The number of amides is 1. The summed E-state index contributed by atoms with van der Waals surface area (Å²) in [7, 11) is 0. The Kier molecular flexibility index (Phi) is 2.57. The molecule has 0 aliphatic heterocycles. The summed E-state index contributed by atoms with van der Waals surface area (Å²) in [5.41, 5.74) is 5.41. The maximum atomic E-state index is 10.8. The van der Waals surface area contributed by atoms with Gasteiger partial charge in [-0.3, -0.25) is 4.79 Å². The van der Waals surface area contributed by atoms with E-state index in [4.69, 9.17) is 10.8 Å². The van der Waals surface area contributed by atoms with Crippen molar-refractivity contribution in [3.63, 3.8) is 0 Å². The quantitative estimate of drug-likeness (QED) is 0.777. The number of aromatic nitrogens is 3. The van der Waals surface area contributed by atoms with E-state index < -0.39 is 11.9 Å². The zero-order chi connectivity index (χ0) is 12.4. The fraction of sp³-hybridized carbons (Fsp3) is 0. The van der Waals surface area contributed by atoms with Gasteiger partial charge in [0.15, 0.2) is 5.82 Å². The number of nitrogens with two attached hydrogens (primary N) is 1. The summed E-state index contributed by atoms with van der Waals surface area (Å²) in [6.07, 6.45) is 3.85. The molecule has 0 saturated heterocycles. The molecule has 2 aromatic rings. The van der Waals surface area contributed by atoms with Crippen LogP contribution in [0.5, 0.6) is 0 Å². The molecule has 2 rings (SSSR count). The fourth-order valence-corrected chi connectivity index (χ4v) is 1.23. The van der Waals surface area contributed by atoms with E-state index in [0.29, 0.717) is 5.82 Å². The Hall–Kier alpha value is -2.70. The van der Waals surface area contributed by atoms with Crippen molar-refractivity contribution in [3.8, 4) is 5.82 Å². The molecular formula is C10H8N4O3. The lowest BCUT2D eigenvalue weighted by Crippen LogP contribution is -2.11. The van der Waals surface area contributed by atoms with Gasteiger partial charge in [0.25, 0.3) is 0 Å². The summed E-state index contributed by atoms with van der Waals surface area (Å²) in [4.78, 5) is 25.4. The van der Waals surface area contributed by atoms with Crippen LogP contribution in [0, 0.1) is 0 Å². The van der Waals surface area contributed by atoms with E-state index in [1.54, 1.807) is 0 Å². The van der Waals surface area contributed by atoms with E-state index in [2.05, 4.69) is 10.1 Å². The van der Waals surface area contributed by atoms with E-state index >= 15 is 0 Å². The predicted octanol–water partition coefficient (Wildman–Crippen LogP) is 0.0644. The number of primary amides is 1. The van der Waals surface area contributed by atoms with Gasteiger partial charge in [-0.15, -0.1) is 0 Å². The Morgan fingerprint density at radius 2 is 2.00 bits per heavy atom. The zero-order valence-electron chi connectivity index (χ0n) is 8.57. The van der Waals surface area contributed by atoms with Gasteiger partial charge in [-0.25, -0.2) is 14.5 Å². The molecule has 7 nitrogen and oxygen atoms in total. The fourth-order valence-electron chi connectivity index (χ4n) is 1.23. The number of hydrogen-bond donors (Lipinski definition) is 2. The molecule has 0 fully saturated rings. The van der Waals surface area contributed by atoms with E-state index in [9.17, 15) is 9.59 Å². The standard InChI is InChI=1S/C10H8N4O3/c11-9(15)6-1-2-8(12-3-6)14-5-7(4-13-14)10(16)17/h1-5H,(H2,11,15)(H,16,17). The summed E-state index contributed by atoms with van der Waals surface area (Å²) in [5, 5.41) is 12.6. The molecule has 0 spiro atoms. The number of carbonyl (C=O) groups excluding carboxylic acids is 1. The second kappa shape index (κ2) is 4.05. The topological polar surface area (TPSA) is 111 Å². The number of carboxylic acids is 1. The van der Waals surface area contributed by atoms with Gasteiger partial charge in [0.1, 0.15) is 0 Å². The highest BCUT2D eigenvalue weighted by Crippen LogP contribution is 2.06. The maximum Gasteiger partial charge on any atom is 0.338 e. The van der Waals surface area contributed by atoms with Crippen LogP contribution in [0.1, 0.15) is 20.7 Å². The molecule has 0 unspecified atom stereocenters. The number of nitrogens with zero attached hydrogens (tertiary/aromatic N) is 3. The lowest BCUT2D eigenvalue weighted by atomic mass is 10.3. The lowest BCUT2D eigenvalue weighted by Gasteiger charge is -2.00. The van der Waals surface area contributed by atoms with Gasteiger partial charge in [0.2, 0.25) is 5.91 Å². The smallest absolute Gasteiger partial charge is 0.338 e. The van der Waals surface area contributed by atoms with Crippen molar-refractivity contribution in [2.75, 3.05) is 0 Å². The SMILES string of the molecule is NC(=O)c1ccc(-n2cc(C(=O)O)cn2)nc1. The van der Waals surface area contributed by atoms with E-state index in [0.717, 1.165) is 0 Å². The van der Waals surface area contributed by atoms with Crippen LogP contribution in [-0.2, 0) is 0 Å². The number of carbonyl (C=O) groups is 2. The van der Waals surface area contributed by atoms with Crippen molar-refractivity contribution in [2.45, 2.75) is 0 Å². The van der Waals surface area contributed by atoms with E-state index in [-0.39, 0.29) is 11.1 Å². The van der Waals surface area contributed by atoms with Crippen LogP contribution in [0.3, 0.4) is 0 Å². The summed E-state index contributed by atoms with van der Waals surface area (Å²) >= 11 is 0. The minimum Gasteiger partial charge on any atom is -0.478 e. The highest BCUT2D eigenvalue weighted by Gasteiger charge is 2.08. The van der Waals surface area contributed by atoms with Crippen LogP contribution >= 0.6 is 0 Å². The van der Waals surface area contributed by atoms with Crippen LogP contribution < -0.4 is 5.73 Å². The lowest BCUT2D eigenvalue weighted by molar-refractivity contribution is 0.0696. The first kappa shape index (κ1) is 10.8. The first-order chi connectivity index (χ1) is 8.08. The summed E-state index contributed by atoms with van der Waals surface area (Å²) in [6.45, 7) is 0. The van der Waals surface area contributed by atoms with Gasteiger partial charge in [-0.1, -0.05) is 0 Å². The highest BCUT2D eigenvalue weighted by atomic mass is 16.4. The van der Waals surface area contributed by atoms with Gasteiger partial charge in [0.05, 0.1) is 17.3 Å². The molecule has 17 heavy (non-hydrogen) atoms. The third-order valence-electron chi connectivity index (χ3n) is 2.10. The number of hydrogen-bond acceptors (Lipinski definition) is 4. The third kappa shape index (κ3) is 2.12. The number of aromatic carboxylic acids is 1. The molecule has 0 aromatic carbocycles. The van der Waals surface area contributed by atoms with Gasteiger partial charge in [0, 0.05) is 12.4 Å². The van der Waals surface area contributed by atoms with Crippen molar-refractivity contribution in [3.05, 3.63) is 41.9 Å². The predicted molar refractivity (Wildman–Crippen MR) is 56.8 cm³/mol. The zero-order valence-corrected chi connectivity index (χ0v) is 8.57. The molecule has 0 atom stereocenters. The van der Waals surface area contributed by atoms with E-state index in [1.807, 2.05) is 0 Å². The summed E-state index contributed by atoms with van der Waals surface area (Å²) < 4.78 is 1.30. The van der Waals surface area contributed by atoms with Gasteiger partial charge in [-0.2, -0.15) is 5.10 Å². The van der Waals surface area contributed by atoms with Crippen molar-refractivity contribution in [1.29, 1.82) is 0 Å². The Balaban J connectivity index is 2.33. The Bertz CT molecular complexity index is 573. The first-order valence-corrected chi connectivity index (χ1v) is 4.62. The molecule has 7 heteroatoms. The highest BCUT2D eigenvalue weighted by molar-refractivity contribution is 5.92. The van der Waals surface area contributed by atoms with Crippen LogP contribution in [0.25, 0.3) is 5.82 Å². The molecular weight excluding hydrogens is 224 g/mol. The number of rotatable bonds is 3. The largest absolute Gasteiger partial charge is 0.478 e. The van der Waals surface area contributed by atoms with Crippen molar-refractivity contribution in [2.24, 2.45) is 5.73 Å². The minimum atomic E-state index is -1.06. The normalized spacial score (nSPS) is 10.1. The molecule has 0 aliphatic rings. The van der Waals surface area contributed by atoms with Crippen molar-refractivity contribution >= 4 is 11.9 Å². The van der Waals surface area contributed by atoms with Crippen molar-refractivity contribution < 1.29 is 14.7 Å². The molecule has 86 valence electrons. The van der Waals surface area contributed by atoms with Crippen molar-refractivity contribution in [1.82, 2.24) is 14.8 Å².